The first-order chi connectivity index (χ1) is 13.6. The molecule has 6 nitrogen and oxygen atoms in total. The molecule has 0 bridgehead atoms. The number of ether oxygens (including phenoxy) is 2. The van der Waals surface area contributed by atoms with Gasteiger partial charge in [0.15, 0.2) is 11.6 Å². The Hall–Kier alpha value is -2.54. The molecule has 148 valence electrons. The minimum absolute atomic E-state index is 0.0610. The fourth-order valence-corrected chi connectivity index (χ4v) is 3.81. The number of nitrogens with zero attached hydrogens (tertiary/aromatic N) is 3. The van der Waals surface area contributed by atoms with Crippen molar-refractivity contribution in [3.63, 3.8) is 0 Å². The van der Waals surface area contributed by atoms with Crippen molar-refractivity contribution in [1.82, 2.24) is 14.9 Å². The lowest BCUT2D eigenvalue weighted by atomic mass is 9.99. The topological polar surface area (TPSA) is 64.5 Å². The summed E-state index contributed by atoms with van der Waals surface area (Å²) in [6.07, 6.45) is 2.40. The number of likely N-dealkylation sites (tertiary alicyclic amines) is 1. The number of carbonyl (C=O) groups excluding carboxylic acids is 1. The van der Waals surface area contributed by atoms with Gasteiger partial charge in [-0.15, -0.1) is 0 Å². The van der Waals surface area contributed by atoms with E-state index in [4.69, 9.17) is 9.47 Å². The number of carbonyl (C=O) groups is 1. The van der Waals surface area contributed by atoms with E-state index in [9.17, 15) is 9.18 Å². The summed E-state index contributed by atoms with van der Waals surface area (Å²) in [6.45, 7) is 4.50. The summed E-state index contributed by atoms with van der Waals surface area (Å²) < 4.78 is 24.9. The van der Waals surface area contributed by atoms with Gasteiger partial charge in [-0.1, -0.05) is 12.1 Å². The minimum atomic E-state index is -0.436. The molecule has 1 aromatic heterocycles. The van der Waals surface area contributed by atoms with Crippen LogP contribution in [0, 0.1) is 18.7 Å². The lowest BCUT2D eigenvalue weighted by Crippen LogP contribution is -2.37. The molecule has 2 aromatic rings. The monoisotopic (exact) mass is 385 g/mol. The van der Waals surface area contributed by atoms with Crippen LogP contribution in [0.1, 0.15) is 36.7 Å². The molecule has 0 radical (unpaired) electrons. The molecule has 2 aliphatic rings. The van der Waals surface area contributed by atoms with Crippen molar-refractivity contribution in [2.24, 2.45) is 5.92 Å². The average Bonchev–Trinajstić information content (AvgIpc) is 3.20. The number of hydrogen-bond donors (Lipinski definition) is 0. The Bertz CT molecular complexity index is 855. The van der Waals surface area contributed by atoms with Gasteiger partial charge in [0, 0.05) is 49.9 Å². The molecule has 1 aromatic carbocycles. The molecule has 0 aliphatic carbocycles. The number of benzene rings is 1. The van der Waals surface area contributed by atoms with Crippen LogP contribution in [0.5, 0.6) is 11.6 Å². The van der Waals surface area contributed by atoms with Gasteiger partial charge in [0.1, 0.15) is 5.82 Å². The van der Waals surface area contributed by atoms with Crippen molar-refractivity contribution >= 4 is 5.91 Å². The van der Waals surface area contributed by atoms with E-state index in [1.165, 1.54) is 6.07 Å². The highest BCUT2D eigenvalue weighted by atomic mass is 19.1. The van der Waals surface area contributed by atoms with Crippen molar-refractivity contribution in [3.8, 4) is 11.6 Å². The molecule has 3 heterocycles. The van der Waals surface area contributed by atoms with E-state index in [0.717, 1.165) is 25.0 Å². The lowest BCUT2D eigenvalue weighted by Gasteiger charge is -2.26. The third-order valence-corrected chi connectivity index (χ3v) is 5.33. The smallest absolute Gasteiger partial charge is 0.225 e. The van der Waals surface area contributed by atoms with E-state index >= 15 is 0 Å². The van der Waals surface area contributed by atoms with E-state index in [1.807, 2.05) is 11.8 Å². The lowest BCUT2D eigenvalue weighted by molar-refractivity contribution is -0.137. The molecule has 1 atom stereocenters. The fraction of sp³-hybridized carbons (Fsp3) is 0.476. The van der Waals surface area contributed by atoms with Crippen molar-refractivity contribution in [3.05, 3.63) is 47.7 Å². The van der Waals surface area contributed by atoms with Gasteiger partial charge in [0.25, 0.3) is 0 Å². The summed E-state index contributed by atoms with van der Waals surface area (Å²) in [5.41, 5.74) is 0.755. The molecular formula is C21H24FN3O3. The number of halogens is 1. The molecular weight excluding hydrogens is 361 g/mol. The zero-order valence-corrected chi connectivity index (χ0v) is 15.9. The summed E-state index contributed by atoms with van der Waals surface area (Å²) in [5, 5.41) is 0. The van der Waals surface area contributed by atoms with E-state index < -0.39 is 5.82 Å². The van der Waals surface area contributed by atoms with E-state index in [1.54, 1.807) is 24.3 Å². The van der Waals surface area contributed by atoms with Gasteiger partial charge in [0.2, 0.25) is 11.8 Å². The van der Waals surface area contributed by atoms with Gasteiger partial charge in [-0.3, -0.25) is 4.79 Å². The fourth-order valence-electron chi connectivity index (χ4n) is 3.81. The zero-order valence-electron chi connectivity index (χ0n) is 15.9. The Labute approximate surface area is 163 Å². The van der Waals surface area contributed by atoms with E-state index in [2.05, 4.69) is 9.97 Å². The summed E-state index contributed by atoms with van der Waals surface area (Å²) in [7, 11) is 0. The van der Waals surface area contributed by atoms with Crippen LogP contribution in [0.25, 0.3) is 0 Å². The molecule has 2 aliphatic heterocycles. The molecule has 0 spiro atoms. The van der Waals surface area contributed by atoms with Crippen LogP contribution in [-0.2, 0) is 9.53 Å². The highest BCUT2D eigenvalue weighted by molar-refractivity contribution is 5.79. The maximum Gasteiger partial charge on any atom is 0.225 e. The molecule has 0 saturated carbocycles. The van der Waals surface area contributed by atoms with Crippen molar-refractivity contribution in [2.75, 3.05) is 26.3 Å². The second-order valence-electron chi connectivity index (χ2n) is 7.39. The van der Waals surface area contributed by atoms with Crippen LogP contribution in [-0.4, -0.2) is 47.1 Å². The van der Waals surface area contributed by atoms with Crippen LogP contribution >= 0.6 is 0 Å². The van der Waals surface area contributed by atoms with Crippen molar-refractivity contribution in [2.45, 2.75) is 32.1 Å². The quantitative estimate of drug-likeness (QED) is 0.807. The first kappa shape index (κ1) is 18.8. The van der Waals surface area contributed by atoms with E-state index in [-0.39, 0.29) is 23.5 Å². The number of aromatic nitrogens is 2. The summed E-state index contributed by atoms with van der Waals surface area (Å²) in [6, 6.07) is 7.93. The first-order valence-electron chi connectivity index (χ1n) is 9.74. The first-order valence-corrected chi connectivity index (χ1v) is 9.74. The Morgan fingerprint density at radius 3 is 2.79 bits per heavy atom. The number of aryl methyl sites for hydroxylation is 1. The van der Waals surface area contributed by atoms with Crippen LogP contribution < -0.4 is 4.74 Å². The largest absolute Gasteiger partial charge is 0.436 e. The normalized spacial score (nSPS) is 20.4. The Balaban J connectivity index is 1.46. The van der Waals surface area contributed by atoms with Crippen LogP contribution in [0.15, 0.2) is 30.3 Å². The van der Waals surface area contributed by atoms with Gasteiger partial charge < -0.3 is 14.4 Å². The Morgan fingerprint density at radius 1 is 1.21 bits per heavy atom. The average molecular weight is 385 g/mol. The molecule has 2 fully saturated rings. The molecule has 0 N–H and O–H groups in total. The summed E-state index contributed by atoms with van der Waals surface area (Å²) in [5.74, 6) is 0.998. The minimum Gasteiger partial charge on any atom is -0.436 e. The Morgan fingerprint density at radius 2 is 2.00 bits per heavy atom. The van der Waals surface area contributed by atoms with Gasteiger partial charge in [0.05, 0.1) is 0 Å². The third kappa shape index (κ3) is 4.14. The number of rotatable bonds is 4. The number of hydrogen-bond acceptors (Lipinski definition) is 5. The molecule has 1 amide bonds. The molecule has 7 heteroatoms. The zero-order chi connectivity index (χ0) is 19.5. The van der Waals surface area contributed by atoms with Crippen molar-refractivity contribution < 1.29 is 18.7 Å². The second kappa shape index (κ2) is 8.22. The molecule has 4 rings (SSSR count). The number of amides is 1. The SMILES string of the molecule is Cc1cc(Oc2ccccc2F)nc([C@H]2CCN(C(=O)C3CCOCC3)C2)n1. The highest BCUT2D eigenvalue weighted by Crippen LogP contribution is 2.30. The maximum absolute atomic E-state index is 13.9. The van der Waals surface area contributed by atoms with Gasteiger partial charge in [-0.05, 0) is 38.3 Å². The van der Waals surface area contributed by atoms with Gasteiger partial charge in [-0.2, -0.15) is 4.98 Å². The predicted molar refractivity (Wildman–Crippen MR) is 101 cm³/mol. The molecule has 0 unspecified atom stereocenters. The third-order valence-electron chi connectivity index (χ3n) is 5.33. The molecule has 28 heavy (non-hydrogen) atoms. The van der Waals surface area contributed by atoms with Crippen LogP contribution in [0.3, 0.4) is 0 Å². The standard InChI is InChI=1S/C21H24FN3O3/c1-14-12-19(28-18-5-3-2-4-17(18)22)24-20(23-14)16-6-9-25(13-16)21(26)15-7-10-27-11-8-15/h2-5,12,15-16H,6-11,13H2,1H3/t16-/m0/s1. The predicted octanol–water partition coefficient (Wildman–Crippen LogP) is 3.46. The van der Waals surface area contributed by atoms with E-state index in [0.29, 0.717) is 38.0 Å². The van der Waals surface area contributed by atoms with Crippen molar-refractivity contribution in [1.29, 1.82) is 0 Å². The van der Waals surface area contributed by atoms with Gasteiger partial charge >= 0.3 is 0 Å². The van der Waals surface area contributed by atoms with Crippen LogP contribution in [0.4, 0.5) is 4.39 Å². The highest BCUT2D eigenvalue weighted by Gasteiger charge is 2.33. The summed E-state index contributed by atoms with van der Waals surface area (Å²) >= 11 is 0. The Kier molecular flexibility index (Phi) is 5.52. The maximum atomic E-state index is 13.9. The summed E-state index contributed by atoms with van der Waals surface area (Å²) in [4.78, 5) is 23.7. The van der Waals surface area contributed by atoms with Crippen LogP contribution in [0.2, 0.25) is 0 Å². The second-order valence-corrected chi connectivity index (χ2v) is 7.39. The number of para-hydroxylation sites is 1. The molecule has 2 saturated heterocycles. The van der Waals surface area contributed by atoms with Gasteiger partial charge in [-0.25, -0.2) is 9.37 Å².